The topological polar surface area (TPSA) is 129 Å². The largest absolute Gasteiger partial charge is 0.444 e. The zero-order valence-corrected chi connectivity index (χ0v) is 15.8. The van der Waals surface area contributed by atoms with Crippen molar-refractivity contribution in [2.45, 2.75) is 39.3 Å². The van der Waals surface area contributed by atoms with E-state index in [0.717, 1.165) is 5.39 Å². The molecule has 1 atom stereocenters. The lowest BCUT2D eigenvalue weighted by atomic mass is 10.1. The number of esters is 1. The van der Waals surface area contributed by atoms with Gasteiger partial charge in [0.2, 0.25) is 0 Å². The number of nitrogens with zero attached hydrogens (tertiary/aromatic N) is 1. The van der Waals surface area contributed by atoms with Gasteiger partial charge in [-0.1, -0.05) is 24.3 Å². The summed E-state index contributed by atoms with van der Waals surface area (Å²) in [5, 5.41) is 3.84. The van der Waals surface area contributed by atoms with Gasteiger partial charge < -0.3 is 26.3 Å². The van der Waals surface area contributed by atoms with E-state index in [4.69, 9.17) is 20.9 Å². The minimum absolute atomic E-state index is 0.0694. The van der Waals surface area contributed by atoms with Gasteiger partial charge in [0.15, 0.2) is 5.96 Å². The number of ether oxygens (including phenoxy) is 2. The van der Waals surface area contributed by atoms with Crippen LogP contribution in [-0.4, -0.2) is 29.7 Å². The van der Waals surface area contributed by atoms with Crippen LogP contribution in [0.1, 0.15) is 27.7 Å². The van der Waals surface area contributed by atoms with Crippen LogP contribution in [0.4, 0.5) is 10.5 Å². The number of amides is 1. The minimum atomic E-state index is -0.893. The third-order valence-electron chi connectivity index (χ3n) is 3.41. The summed E-state index contributed by atoms with van der Waals surface area (Å²) >= 11 is 0. The first-order valence-corrected chi connectivity index (χ1v) is 8.39. The average Bonchev–Trinajstić information content (AvgIpc) is 2.53. The van der Waals surface area contributed by atoms with Gasteiger partial charge >= 0.3 is 12.1 Å². The summed E-state index contributed by atoms with van der Waals surface area (Å²) in [5.74, 6) is -0.358. The van der Waals surface area contributed by atoms with Crippen molar-refractivity contribution in [3.8, 4) is 5.75 Å². The molecule has 0 aliphatic rings. The van der Waals surface area contributed by atoms with E-state index >= 15 is 0 Å². The molecule has 0 aromatic heterocycles. The molecule has 0 spiro atoms. The van der Waals surface area contributed by atoms with E-state index < -0.39 is 23.7 Å². The number of alkyl carbamates (subject to hydrolysis) is 1. The molecule has 0 bridgehead atoms. The molecule has 0 radical (unpaired) electrons. The monoisotopic (exact) mass is 372 g/mol. The molecule has 27 heavy (non-hydrogen) atoms. The number of aliphatic imine (C=N–C) groups is 1. The van der Waals surface area contributed by atoms with Crippen LogP contribution in [0.5, 0.6) is 5.75 Å². The van der Waals surface area contributed by atoms with Gasteiger partial charge in [0.25, 0.3) is 0 Å². The smallest absolute Gasteiger partial charge is 0.408 e. The van der Waals surface area contributed by atoms with Crippen molar-refractivity contribution in [3.63, 3.8) is 0 Å². The zero-order chi connectivity index (χ0) is 20.2. The predicted octanol–water partition coefficient (Wildman–Crippen LogP) is 2.56. The van der Waals surface area contributed by atoms with E-state index in [-0.39, 0.29) is 5.96 Å². The molecule has 1 amide bonds. The fourth-order valence-corrected chi connectivity index (χ4v) is 2.33. The Hall–Kier alpha value is -3.29. The van der Waals surface area contributed by atoms with Crippen molar-refractivity contribution in [3.05, 3.63) is 36.4 Å². The van der Waals surface area contributed by atoms with Gasteiger partial charge in [-0.05, 0) is 39.8 Å². The van der Waals surface area contributed by atoms with Crippen molar-refractivity contribution in [1.29, 1.82) is 0 Å². The van der Waals surface area contributed by atoms with Crippen molar-refractivity contribution in [2.24, 2.45) is 16.5 Å². The summed E-state index contributed by atoms with van der Waals surface area (Å²) in [4.78, 5) is 28.2. The summed E-state index contributed by atoms with van der Waals surface area (Å²) in [6.45, 7) is 6.72. The SMILES string of the molecule is C[C@@H](NC(=O)OC(C)(C)C)C(=O)Oc1cccc2c(N=C(N)N)cccc12. The van der Waals surface area contributed by atoms with Crippen LogP contribution >= 0.6 is 0 Å². The van der Waals surface area contributed by atoms with Crippen LogP contribution < -0.4 is 21.5 Å². The molecular weight excluding hydrogens is 348 g/mol. The molecule has 8 heteroatoms. The molecule has 0 unspecified atom stereocenters. The maximum absolute atomic E-state index is 12.4. The van der Waals surface area contributed by atoms with E-state index in [1.807, 2.05) is 6.07 Å². The van der Waals surface area contributed by atoms with E-state index in [1.54, 1.807) is 51.1 Å². The quantitative estimate of drug-likeness (QED) is 0.327. The Morgan fingerprint density at radius 1 is 1.07 bits per heavy atom. The summed E-state index contributed by atoms with van der Waals surface area (Å²) in [6.07, 6.45) is -0.695. The summed E-state index contributed by atoms with van der Waals surface area (Å²) in [7, 11) is 0. The Labute approximate surface area is 157 Å². The molecule has 0 saturated heterocycles. The van der Waals surface area contributed by atoms with E-state index in [1.165, 1.54) is 6.92 Å². The number of rotatable bonds is 4. The van der Waals surface area contributed by atoms with Gasteiger partial charge in [0.1, 0.15) is 17.4 Å². The van der Waals surface area contributed by atoms with Gasteiger partial charge in [0, 0.05) is 10.8 Å². The van der Waals surface area contributed by atoms with E-state index in [9.17, 15) is 9.59 Å². The Kier molecular flexibility index (Phi) is 5.89. The molecular formula is C19H24N4O4. The third kappa shape index (κ3) is 5.60. The molecule has 2 aromatic rings. The zero-order valence-electron chi connectivity index (χ0n) is 15.8. The minimum Gasteiger partial charge on any atom is -0.444 e. The van der Waals surface area contributed by atoms with Crippen LogP contribution in [0, 0.1) is 0 Å². The molecule has 144 valence electrons. The molecule has 2 aromatic carbocycles. The van der Waals surface area contributed by atoms with Gasteiger partial charge in [-0.25, -0.2) is 14.6 Å². The van der Waals surface area contributed by atoms with E-state index in [2.05, 4.69) is 10.3 Å². The summed E-state index contributed by atoms with van der Waals surface area (Å²) < 4.78 is 10.6. The first-order valence-electron chi connectivity index (χ1n) is 8.39. The fraction of sp³-hybridized carbons (Fsp3) is 0.316. The Balaban J connectivity index is 2.19. The highest BCUT2D eigenvalue weighted by Gasteiger charge is 2.22. The highest BCUT2D eigenvalue weighted by Crippen LogP contribution is 2.32. The predicted molar refractivity (Wildman–Crippen MR) is 104 cm³/mol. The molecule has 0 saturated carbocycles. The number of guanidine groups is 1. The summed E-state index contributed by atoms with van der Waals surface area (Å²) in [5.41, 5.74) is 10.8. The number of carbonyl (C=O) groups is 2. The second-order valence-corrected chi connectivity index (χ2v) is 6.95. The van der Waals surface area contributed by atoms with Crippen LogP contribution in [0.3, 0.4) is 0 Å². The van der Waals surface area contributed by atoms with Gasteiger partial charge in [-0.3, -0.25) is 0 Å². The van der Waals surface area contributed by atoms with Gasteiger partial charge in [-0.2, -0.15) is 0 Å². The summed E-state index contributed by atoms with van der Waals surface area (Å²) in [6, 6.07) is 9.59. The molecule has 0 aliphatic heterocycles. The number of nitrogens with one attached hydrogen (secondary N) is 1. The Bertz CT molecular complexity index is 883. The number of nitrogens with two attached hydrogens (primary N) is 2. The van der Waals surface area contributed by atoms with Crippen molar-refractivity contribution < 1.29 is 19.1 Å². The van der Waals surface area contributed by atoms with Crippen LogP contribution in [-0.2, 0) is 9.53 Å². The van der Waals surface area contributed by atoms with Crippen molar-refractivity contribution >= 4 is 34.5 Å². The molecule has 2 rings (SSSR count). The number of benzene rings is 2. The van der Waals surface area contributed by atoms with E-state index in [0.29, 0.717) is 16.8 Å². The number of hydrogen-bond acceptors (Lipinski definition) is 5. The van der Waals surface area contributed by atoms with Gasteiger partial charge in [0.05, 0.1) is 5.69 Å². The Morgan fingerprint density at radius 2 is 1.70 bits per heavy atom. The lowest BCUT2D eigenvalue weighted by Crippen LogP contribution is -2.43. The number of hydrogen-bond donors (Lipinski definition) is 3. The second-order valence-electron chi connectivity index (χ2n) is 6.95. The van der Waals surface area contributed by atoms with Crippen LogP contribution in [0.15, 0.2) is 41.4 Å². The molecule has 0 aliphatic carbocycles. The molecule has 0 fully saturated rings. The first-order chi connectivity index (χ1) is 12.6. The third-order valence-corrected chi connectivity index (χ3v) is 3.41. The normalized spacial score (nSPS) is 12.1. The van der Waals surface area contributed by atoms with Crippen LogP contribution in [0.2, 0.25) is 0 Å². The van der Waals surface area contributed by atoms with Gasteiger partial charge in [-0.15, -0.1) is 0 Å². The average molecular weight is 372 g/mol. The number of carbonyl (C=O) groups excluding carboxylic acids is 2. The maximum Gasteiger partial charge on any atom is 0.408 e. The molecule has 5 N–H and O–H groups in total. The number of fused-ring (bicyclic) bond motifs is 1. The lowest BCUT2D eigenvalue weighted by molar-refractivity contribution is -0.136. The molecule has 8 nitrogen and oxygen atoms in total. The lowest BCUT2D eigenvalue weighted by Gasteiger charge is -2.21. The fourth-order valence-electron chi connectivity index (χ4n) is 2.33. The van der Waals surface area contributed by atoms with Crippen molar-refractivity contribution in [1.82, 2.24) is 5.32 Å². The maximum atomic E-state index is 12.4. The van der Waals surface area contributed by atoms with Crippen LogP contribution in [0.25, 0.3) is 10.8 Å². The highest BCUT2D eigenvalue weighted by molar-refractivity contribution is 5.99. The highest BCUT2D eigenvalue weighted by atomic mass is 16.6. The standard InChI is InChI=1S/C19H24N4O4/c1-11(22-18(25)27-19(2,3)4)16(24)26-15-10-6-7-12-13(15)8-5-9-14(12)23-17(20)21/h5-11H,1-4H3,(H,22,25)(H4,20,21,23)/t11-/m1/s1. The Morgan fingerprint density at radius 3 is 2.33 bits per heavy atom. The first kappa shape index (κ1) is 20.0. The second kappa shape index (κ2) is 7.94. The molecule has 0 heterocycles. The van der Waals surface area contributed by atoms with Crippen molar-refractivity contribution in [2.75, 3.05) is 0 Å².